The fourth-order valence-electron chi connectivity index (χ4n) is 2.55. The lowest BCUT2D eigenvalue weighted by atomic mass is 10.1. The summed E-state index contributed by atoms with van der Waals surface area (Å²) in [6, 6.07) is 13.8. The first-order valence-electron chi connectivity index (χ1n) is 8.90. The molecule has 0 saturated heterocycles. The van der Waals surface area contributed by atoms with Crippen molar-refractivity contribution >= 4 is 35.5 Å². The first kappa shape index (κ1) is 22.9. The van der Waals surface area contributed by atoms with Gasteiger partial charge in [-0.1, -0.05) is 29.8 Å². The molecule has 158 valence electrons. The number of hydrogen-bond donors (Lipinski definition) is 1. The fraction of sp³-hybridized carbons (Fsp3) is 0.238. The van der Waals surface area contributed by atoms with Gasteiger partial charge in [-0.25, -0.2) is 14.6 Å². The van der Waals surface area contributed by atoms with E-state index in [1.807, 2.05) is 0 Å². The van der Waals surface area contributed by atoms with Crippen molar-refractivity contribution in [3.63, 3.8) is 0 Å². The number of hydrazine groups is 1. The number of imide groups is 1. The van der Waals surface area contributed by atoms with Crippen LogP contribution < -0.4 is 0 Å². The molecule has 0 saturated carbocycles. The average Bonchev–Trinajstić information content (AvgIpc) is 2.69. The van der Waals surface area contributed by atoms with Crippen LogP contribution in [-0.2, 0) is 9.53 Å². The maximum absolute atomic E-state index is 13.3. The Morgan fingerprint density at radius 2 is 1.43 bits per heavy atom. The summed E-state index contributed by atoms with van der Waals surface area (Å²) >= 11 is 5.86. The van der Waals surface area contributed by atoms with E-state index in [0.717, 1.165) is 5.01 Å². The molecule has 0 aliphatic rings. The molecule has 2 aromatic rings. The quantitative estimate of drug-likeness (QED) is 0.735. The van der Waals surface area contributed by atoms with Crippen LogP contribution in [0.3, 0.4) is 0 Å². The van der Waals surface area contributed by atoms with Crippen LogP contribution in [0.2, 0.25) is 5.02 Å². The molecule has 0 fully saturated rings. The minimum absolute atomic E-state index is 0.0572. The summed E-state index contributed by atoms with van der Waals surface area (Å²) in [5.74, 6) is -2.92. The highest BCUT2D eigenvalue weighted by Crippen LogP contribution is 2.24. The van der Waals surface area contributed by atoms with E-state index in [0.29, 0.717) is 10.0 Å². The second-order valence-corrected chi connectivity index (χ2v) is 7.66. The van der Waals surface area contributed by atoms with Crippen LogP contribution in [0.1, 0.15) is 41.5 Å². The largest absolute Gasteiger partial charge is 0.479 e. The maximum Gasteiger partial charge on any atom is 0.437 e. The van der Waals surface area contributed by atoms with Crippen molar-refractivity contribution in [2.45, 2.75) is 26.3 Å². The number of amides is 3. The molecular weight excluding hydrogens is 412 g/mol. The highest BCUT2D eigenvalue weighted by atomic mass is 35.5. The number of carbonyl (C=O) groups excluding carboxylic acids is 3. The number of rotatable bonds is 4. The van der Waals surface area contributed by atoms with E-state index in [9.17, 15) is 19.2 Å². The number of nitrogens with zero attached hydrogens (tertiary/aromatic N) is 2. The molecule has 0 bridgehead atoms. The van der Waals surface area contributed by atoms with Gasteiger partial charge < -0.3 is 9.84 Å². The van der Waals surface area contributed by atoms with Crippen LogP contribution in [-0.4, -0.2) is 51.1 Å². The van der Waals surface area contributed by atoms with E-state index in [1.54, 1.807) is 39.0 Å². The Bertz CT molecular complexity index is 938. The smallest absolute Gasteiger partial charge is 0.437 e. The number of carbonyl (C=O) groups is 4. The molecule has 3 amide bonds. The lowest BCUT2D eigenvalue weighted by molar-refractivity contribution is -0.141. The summed E-state index contributed by atoms with van der Waals surface area (Å²) in [6.45, 7) is 3.90. The van der Waals surface area contributed by atoms with Crippen molar-refractivity contribution in [1.82, 2.24) is 10.0 Å². The highest BCUT2D eigenvalue weighted by molar-refractivity contribution is 6.30. The van der Waals surface area contributed by atoms with Crippen molar-refractivity contribution in [1.29, 1.82) is 0 Å². The fourth-order valence-corrected chi connectivity index (χ4v) is 2.68. The van der Waals surface area contributed by atoms with E-state index >= 15 is 0 Å². The molecule has 2 aromatic carbocycles. The molecule has 0 unspecified atom stereocenters. The monoisotopic (exact) mass is 432 g/mol. The van der Waals surface area contributed by atoms with Gasteiger partial charge in [0.25, 0.3) is 11.8 Å². The molecule has 0 aliphatic heterocycles. The zero-order valence-electron chi connectivity index (χ0n) is 16.7. The lowest BCUT2D eigenvalue weighted by Crippen LogP contribution is -2.60. The van der Waals surface area contributed by atoms with Crippen LogP contribution >= 0.6 is 11.6 Å². The van der Waals surface area contributed by atoms with E-state index in [1.165, 1.54) is 36.4 Å². The first-order valence-corrected chi connectivity index (χ1v) is 9.28. The highest BCUT2D eigenvalue weighted by Gasteiger charge is 2.41. The van der Waals surface area contributed by atoms with Gasteiger partial charge >= 0.3 is 12.1 Å². The van der Waals surface area contributed by atoms with Gasteiger partial charge in [0.15, 0.2) is 6.61 Å². The molecular formula is C21H21ClN2O6. The topological polar surface area (TPSA) is 104 Å². The average molecular weight is 433 g/mol. The van der Waals surface area contributed by atoms with Crippen molar-refractivity contribution in [2.24, 2.45) is 0 Å². The van der Waals surface area contributed by atoms with E-state index in [-0.39, 0.29) is 11.1 Å². The van der Waals surface area contributed by atoms with E-state index < -0.39 is 36.0 Å². The molecule has 2 rings (SSSR count). The Kier molecular flexibility index (Phi) is 7.18. The van der Waals surface area contributed by atoms with Gasteiger partial charge in [-0.3, -0.25) is 9.59 Å². The molecule has 0 aliphatic carbocycles. The maximum atomic E-state index is 13.3. The predicted molar refractivity (Wildman–Crippen MR) is 109 cm³/mol. The molecule has 9 heteroatoms. The summed E-state index contributed by atoms with van der Waals surface area (Å²) in [5, 5.41) is 10.7. The summed E-state index contributed by atoms with van der Waals surface area (Å²) in [5.41, 5.74) is -0.758. The summed E-state index contributed by atoms with van der Waals surface area (Å²) in [4.78, 5) is 50.1. The summed E-state index contributed by atoms with van der Waals surface area (Å²) in [6.07, 6.45) is -1.29. The first-order chi connectivity index (χ1) is 14.0. The number of carboxylic acids is 1. The predicted octanol–water partition coefficient (Wildman–Crippen LogP) is 3.86. The molecule has 30 heavy (non-hydrogen) atoms. The summed E-state index contributed by atoms with van der Waals surface area (Å²) < 4.78 is 4.74. The standard InChI is InChI=1S/C21H21ClN2O6/c1-21(2,3)24(19(28)14-7-5-4-6-8-14)23(20(29)30-13-17(25)26)18(27)15-9-11-16(22)12-10-15/h4-12H,13H2,1-3H3,(H,25,26). The number of carboxylic acid groups (broad SMARTS) is 1. The third-order valence-electron chi connectivity index (χ3n) is 3.82. The van der Waals surface area contributed by atoms with Gasteiger partial charge in [0, 0.05) is 16.1 Å². The minimum Gasteiger partial charge on any atom is -0.479 e. The SMILES string of the molecule is CC(C)(C)N(C(=O)c1ccccc1)N(C(=O)OCC(=O)O)C(=O)c1ccc(Cl)cc1. The number of ether oxygens (including phenoxy) is 1. The van der Waals surface area contributed by atoms with Crippen molar-refractivity contribution in [2.75, 3.05) is 6.61 Å². The Morgan fingerprint density at radius 3 is 1.93 bits per heavy atom. The van der Waals surface area contributed by atoms with Crippen LogP contribution in [0, 0.1) is 0 Å². The lowest BCUT2D eigenvalue weighted by Gasteiger charge is -2.41. The Balaban J connectivity index is 2.55. The van der Waals surface area contributed by atoms with Crippen molar-refractivity contribution < 1.29 is 29.0 Å². The van der Waals surface area contributed by atoms with Crippen LogP contribution in [0.25, 0.3) is 0 Å². The van der Waals surface area contributed by atoms with Crippen molar-refractivity contribution in [3.8, 4) is 0 Å². The molecule has 0 heterocycles. The van der Waals surface area contributed by atoms with Gasteiger partial charge in [0.2, 0.25) is 0 Å². The van der Waals surface area contributed by atoms with Gasteiger partial charge in [0.05, 0.1) is 5.54 Å². The zero-order chi connectivity index (χ0) is 22.5. The van der Waals surface area contributed by atoms with E-state index in [4.69, 9.17) is 21.4 Å². The van der Waals surface area contributed by atoms with Gasteiger partial charge in [-0.2, -0.15) is 0 Å². The van der Waals surface area contributed by atoms with E-state index in [2.05, 4.69) is 0 Å². The minimum atomic E-state index is -1.40. The zero-order valence-corrected chi connectivity index (χ0v) is 17.4. The Labute approximate surface area is 178 Å². The number of benzene rings is 2. The molecule has 0 aromatic heterocycles. The Morgan fingerprint density at radius 1 is 0.900 bits per heavy atom. The number of hydrogen-bond acceptors (Lipinski definition) is 5. The van der Waals surface area contributed by atoms with Crippen molar-refractivity contribution in [3.05, 3.63) is 70.7 Å². The third-order valence-corrected chi connectivity index (χ3v) is 4.08. The third kappa shape index (κ3) is 5.57. The van der Waals surface area contributed by atoms with Gasteiger partial charge in [-0.15, -0.1) is 5.01 Å². The van der Waals surface area contributed by atoms with Gasteiger partial charge in [-0.05, 0) is 57.2 Å². The normalized spacial score (nSPS) is 10.8. The molecule has 8 nitrogen and oxygen atoms in total. The second kappa shape index (κ2) is 9.41. The molecule has 1 N–H and O–H groups in total. The molecule has 0 spiro atoms. The number of aliphatic carboxylic acids is 1. The molecule has 0 radical (unpaired) electrons. The summed E-state index contributed by atoms with van der Waals surface area (Å²) in [7, 11) is 0. The number of halogens is 1. The second-order valence-electron chi connectivity index (χ2n) is 7.23. The van der Waals surface area contributed by atoms with Gasteiger partial charge in [0.1, 0.15) is 0 Å². The Hall–Kier alpha value is -3.39. The van der Waals surface area contributed by atoms with Crippen LogP contribution in [0.5, 0.6) is 0 Å². The molecule has 0 atom stereocenters. The van der Waals surface area contributed by atoms with Crippen LogP contribution in [0.15, 0.2) is 54.6 Å². The van der Waals surface area contributed by atoms with Crippen LogP contribution in [0.4, 0.5) is 4.79 Å².